The van der Waals surface area contributed by atoms with Gasteiger partial charge in [-0.2, -0.15) is 0 Å². The summed E-state index contributed by atoms with van der Waals surface area (Å²) in [5.74, 6) is 1.89. The molecule has 0 radical (unpaired) electrons. The zero-order valence-electron chi connectivity index (χ0n) is 33.1. The molecule has 0 N–H and O–H groups in total. The predicted octanol–water partition coefficient (Wildman–Crippen LogP) is 14.8. The quantitative estimate of drug-likeness (QED) is 0.169. The van der Waals surface area contributed by atoms with Crippen LogP contribution in [0.1, 0.15) is 0 Å². The molecule has 0 saturated carbocycles. The van der Waals surface area contributed by atoms with E-state index in [0.717, 1.165) is 55.3 Å². The highest BCUT2D eigenvalue weighted by molar-refractivity contribution is 6.19. The number of hydrogen-bond acceptors (Lipinski definition) is 3. The summed E-state index contributed by atoms with van der Waals surface area (Å²) in [6.07, 6.45) is 0. The molecular weight excluding hydrogens is 741 g/mol. The molecule has 12 aromatic rings. The van der Waals surface area contributed by atoms with E-state index >= 15 is 0 Å². The molecule has 0 fully saturated rings. The van der Waals surface area contributed by atoms with E-state index in [9.17, 15) is 0 Å². The van der Waals surface area contributed by atoms with E-state index in [0.29, 0.717) is 17.5 Å². The van der Waals surface area contributed by atoms with Crippen molar-refractivity contribution in [2.45, 2.75) is 0 Å². The third-order valence-electron chi connectivity index (χ3n) is 12.0. The Morgan fingerprint density at radius 3 is 1.18 bits per heavy atom. The number of aromatic nitrogens is 4. The Morgan fingerprint density at radius 2 is 0.656 bits per heavy atom. The van der Waals surface area contributed by atoms with Crippen molar-refractivity contribution in [3.8, 4) is 62.1 Å². The van der Waals surface area contributed by atoms with Gasteiger partial charge < -0.3 is 4.57 Å². The lowest BCUT2D eigenvalue weighted by atomic mass is 9.92. The van der Waals surface area contributed by atoms with E-state index in [2.05, 4.69) is 187 Å². The van der Waals surface area contributed by atoms with Crippen LogP contribution in [-0.2, 0) is 0 Å². The summed E-state index contributed by atoms with van der Waals surface area (Å²) in [6, 6.07) is 77.8. The molecule has 0 aliphatic carbocycles. The molecule has 284 valence electrons. The van der Waals surface area contributed by atoms with Crippen molar-refractivity contribution in [3.05, 3.63) is 218 Å². The van der Waals surface area contributed by atoms with Crippen LogP contribution in [0.4, 0.5) is 0 Å². The topological polar surface area (TPSA) is 43.6 Å². The van der Waals surface area contributed by atoms with Gasteiger partial charge in [-0.25, -0.2) is 15.0 Å². The van der Waals surface area contributed by atoms with Crippen LogP contribution >= 0.6 is 0 Å². The lowest BCUT2D eigenvalue weighted by Gasteiger charge is -2.20. The van der Waals surface area contributed by atoms with Gasteiger partial charge in [0.25, 0.3) is 0 Å². The summed E-state index contributed by atoms with van der Waals surface area (Å²) < 4.78 is 2.51. The minimum Gasteiger partial charge on any atom is -0.308 e. The molecule has 4 heteroatoms. The Balaban J connectivity index is 1.21. The van der Waals surface area contributed by atoms with Crippen molar-refractivity contribution in [1.29, 1.82) is 0 Å². The van der Waals surface area contributed by atoms with Gasteiger partial charge in [0.05, 0.1) is 16.7 Å². The molecule has 0 spiro atoms. The maximum absolute atomic E-state index is 5.27. The Hall–Kier alpha value is -8.21. The molecule has 10 aromatic carbocycles. The number of benzene rings is 10. The highest BCUT2D eigenvalue weighted by atomic mass is 15.0. The number of hydrogen-bond donors (Lipinski definition) is 0. The van der Waals surface area contributed by atoms with Crippen LogP contribution in [0.5, 0.6) is 0 Å². The van der Waals surface area contributed by atoms with E-state index in [-0.39, 0.29) is 0 Å². The van der Waals surface area contributed by atoms with Crippen LogP contribution in [0, 0.1) is 0 Å². The Bertz CT molecular complexity index is 3460. The zero-order chi connectivity index (χ0) is 40.3. The Labute approximate surface area is 352 Å². The van der Waals surface area contributed by atoms with Crippen molar-refractivity contribution in [1.82, 2.24) is 19.5 Å². The van der Waals surface area contributed by atoms with E-state index in [1.54, 1.807) is 0 Å². The number of fused-ring (bicyclic) bond motifs is 6. The third kappa shape index (κ3) is 5.96. The van der Waals surface area contributed by atoms with Crippen LogP contribution < -0.4 is 0 Å². The summed E-state index contributed by atoms with van der Waals surface area (Å²) in [7, 11) is 0. The van der Waals surface area contributed by atoms with E-state index in [4.69, 9.17) is 15.0 Å². The SMILES string of the molecule is c1ccc(-c2ccc(-c3cc(-c4nc(-c5ccccc5)nc(-c5ccccc5)n4)c4ccccc4c3-n3c4cc5ccccc5cc4c4cc5ccccc5cc43)cc2)cc1. The Kier molecular flexibility index (Phi) is 8.13. The van der Waals surface area contributed by atoms with Crippen LogP contribution in [0.3, 0.4) is 0 Å². The number of rotatable bonds is 6. The first kappa shape index (κ1) is 34.8. The molecule has 12 rings (SSSR count). The predicted molar refractivity (Wildman–Crippen MR) is 254 cm³/mol. The highest BCUT2D eigenvalue weighted by Crippen LogP contribution is 2.45. The summed E-state index contributed by atoms with van der Waals surface area (Å²) in [4.78, 5) is 15.6. The van der Waals surface area contributed by atoms with Gasteiger partial charge in [-0.3, -0.25) is 0 Å². The average molecular weight is 777 g/mol. The zero-order valence-corrected chi connectivity index (χ0v) is 33.1. The molecular formula is C57H36N4. The molecule has 0 unspecified atom stereocenters. The van der Waals surface area contributed by atoms with E-state index < -0.39 is 0 Å². The lowest BCUT2D eigenvalue weighted by Crippen LogP contribution is -2.03. The molecule has 4 nitrogen and oxygen atoms in total. The van der Waals surface area contributed by atoms with Crippen molar-refractivity contribution < 1.29 is 0 Å². The van der Waals surface area contributed by atoms with Crippen molar-refractivity contribution in [2.75, 3.05) is 0 Å². The summed E-state index contributed by atoms with van der Waals surface area (Å²) in [5.41, 5.74) is 10.8. The second-order valence-electron chi connectivity index (χ2n) is 15.6. The monoisotopic (exact) mass is 776 g/mol. The smallest absolute Gasteiger partial charge is 0.164 e. The van der Waals surface area contributed by atoms with Gasteiger partial charge in [-0.1, -0.05) is 188 Å². The summed E-state index contributed by atoms with van der Waals surface area (Å²) >= 11 is 0. The molecule has 0 bridgehead atoms. The van der Waals surface area contributed by atoms with Gasteiger partial charge in [-0.15, -0.1) is 0 Å². The van der Waals surface area contributed by atoms with Crippen molar-refractivity contribution in [2.24, 2.45) is 0 Å². The summed E-state index contributed by atoms with van der Waals surface area (Å²) in [6.45, 7) is 0. The summed E-state index contributed by atoms with van der Waals surface area (Å²) in [5, 5.41) is 9.43. The minimum atomic E-state index is 0.622. The van der Waals surface area contributed by atoms with Gasteiger partial charge in [0.1, 0.15) is 0 Å². The molecule has 0 aliphatic rings. The molecule has 0 atom stereocenters. The van der Waals surface area contributed by atoms with Crippen LogP contribution in [-0.4, -0.2) is 19.5 Å². The second-order valence-corrected chi connectivity index (χ2v) is 15.6. The molecule has 61 heavy (non-hydrogen) atoms. The fourth-order valence-electron chi connectivity index (χ4n) is 9.04. The van der Waals surface area contributed by atoms with Gasteiger partial charge in [0.2, 0.25) is 0 Å². The molecule has 0 saturated heterocycles. The first-order valence-corrected chi connectivity index (χ1v) is 20.7. The van der Waals surface area contributed by atoms with Crippen LogP contribution in [0.2, 0.25) is 0 Å². The lowest BCUT2D eigenvalue weighted by molar-refractivity contribution is 1.08. The molecule has 0 amide bonds. The van der Waals surface area contributed by atoms with Gasteiger partial charge in [0.15, 0.2) is 17.5 Å². The molecule has 2 aromatic heterocycles. The first-order chi connectivity index (χ1) is 30.2. The Morgan fingerprint density at radius 1 is 0.262 bits per heavy atom. The minimum absolute atomic E-state index is 0.622. The number of nitrogens with zero attached hydrogens (tertiary/aromatic N) is 4. The maximum atomic E-state index is 5.27. The standard InChI is InChI=1S/C57H36N4/c1-4-16-37(17-5-1)38-28-30-39(31-29-38)48-36-51(57-59-55(40-18-6-2-7-19-40)58-56(60-57)41-20-8-3-9-21-41)46-26-14-15-27-47(46)54(48)61-52-34-44-24-12-10-22-42(44)32-49(52)50-33-43-23-11-13-25-45(43)35-53(50)61/h1-36H. The largest absolute Gasteiger partial charge is 0.308 e. The maximum Gasteiger partial charge on any atom is 0.164 e. The second kappa shape index (κ2) is 14.3. The van der Waals surface area contributed by atoms with Crippen molar-refractivity contribution >= 4 is 54.1 Å². The van der Waals surface area contributed by atoms with E-state index in [1.807, 2.05) is 36.4 Å². The van der Waals surface area contributed by atoms with Crippen molar-refractivity contribution in [3.63, 3.8) is 0 Å². The fraction of sp³-hybridized carbons (Fsp3) is 0. The molecule has 0 aliphatic heterocycles. The van der Waals surface area contributed by atoms with E-state index in [1.165, 1.54) is 43.4 Å². The van der Waals surface area contributed by atoms with Gasteiger partial charge in [-0.05, 0) is 74.0 Å². The highest BCUT2D eigenvalue weighted by Gasteiger charge is 2.23. The first-order valence-electron chi connectivity index (χ1n) is 20.7. The third-order valence-corrected chi connectivity index (χ3v) is 12.0. The molecule has 2 heterocycles. The van der Waals surface area contributed by atoms with Crippen LogP contribution in [0.25, 0.3) is 116 Å². The normalized spacial score (nSPS) is 11.6. The average Bonchev–Trinajstić information content (AvgIpc) is 3.63. The fourth-order valence-corrected chi connectivity index (χ4v) is 9.04. The van der Waals surface area contributed by atoms with Crippen LogP contribution in [0.15, 0.2) is 218 Å². The van der Waals surface area contributed by atoms with Gasteiger partial charge >= 0.3 is 0 Å². The van der Waals surface area contributed by atoms with Gasteiger partial charge in [0, 0.05) is 38.4 Å².